The molecular weight excluding hydrogens is 338 g/mol. The maximum atomic E-state index is 12.7. The second-order valence-corrected chi connectivity index (χ2v) is 6.56. The Balaban J connectivity index is 2.14. The van der Waals surface area contributed by atoms with Crippen molar-refractivity contribution in [2.75, 3.05) is 26.7 Å². The molecule has 0 radical (unpaired) electrons. The van der Waals surface area contributed by atoms with Crippen LogP contribution in [0.4, 0.5) is 4.79 Å². The number of phenolic OH excluding ortho intramolecular Hbond substituents is 1. The molecule has 8 heteroatoms. The molecule has 26 heavy (non-hydrogen) atoms. The highest BCUT2D eigenvalue weighted by Crippen LogP contribution is 2.18. The number of phenols is 1. The first-order valence-electron chi connectivity index (χ1n) is 8.54. The van der Waals surface area contributed by atoms with Crippen molar-refractivity contribution in [1.29, 1.82) is 0 Å². The molecule has 142 valence electrons. The fourth-order valence-corrected chi connectivity index (χ4v) is 2.86. The molecule has 0 aliphatic carbocycles. The lowest BCUT2D eigenvalue weighted by molar-refractivity contribution is -0.141. The molecule has 2 rings (SSSR count). The second-order valence-electron chi connectivity index (χ2n) is 6.56. The number of amides is 3. The molecule has 8 nitrogen and oxygen atoms in total. The third-order valence-corrected chi connectivity index (χ3v) is 4.39. The van der Waals surface area contributed by atoms with Crippen LogP contribution in [0, 0.1) is 0 Å². The lowest BCUT2D eigenvalue weighted by Gasteiger charge is -2.31. The quantitative estimate of drug-likeness (QED) is 0.648. The van der Waals surface area contributed by atoms with E-state index in [4.69, 9.17) is 0 Å². The first-order valence-corrected chi connectivity index (χ1v) is 8.54. The summed E-state index contributed by atoms with van der Waals surface area (Å²) in [6.45, 7) is 2.65. The minimum absolute atomic E-state index is 0.117. The van der Waals surface area contributed by atoms with Gasteiger partial charge in [0.1, 0.15) is 17.8 Å². The third-order valence-electron chi connectivity index (χ3n) is 4.39. The number of urea groups is 1. The smallest absolute Gasteiger partial charge is 0.325 e. The zero-order valence-corrected chi connectivity index (χ0v) is 15.1. The van der Waals surface area contributed by atoms with Gasteiger partial charge in [-0.15, -0.1) is 0 Å². The van der Waals surface area contributed by atoms with Gasteiger partial charge in [0.15, 0.2) is 0 Å². The van der Waals surface area contributed by atoms with Crippen LogP contribution in [-0.2, 0) is 20.7 Å². The summed E-state index contributed by atoms with van der Waals surface area (Å²) in [7, 11) is 1.24. The Hall–Kier alpha value is -2.77. The minimum atomic E-state index is -1.26. The van der Waals surface area contributed by atoms with Crippen LogP contribution in [0.25, 0.3) is 0 Å². The number of carbonyl (C=O) groups is 3. The Kier molecular flexibility index (Phi) is 6.43. The number of rotatable bonds is 6. The zero-order valence-electron chi connectivity index (χ0n) is 15.1. The molecular formula is C18H25N3O5. The van der Waals surface area contributed by atoms with E-state index in [2.05, 4.69) is 15.4 Å². The maximum Gasteiger partial charge on any atom is 0.325 e. The van der Waals surface area contributed by atoms with Gasteiger partial charge in [0.2, 0.25) is 5.91 Å². The SMILES string of the molecule is COC(=O)CNC(=O)C(C)(Cc1ccc(O)cc1)NC(=O)N1CCCC1. The number of hydrogen-bond acceptors (Lipinski definition) is 5. The van der Waals surface area contributed by atoms with Crippen molar-refractivity contribution in [3.05, 3.63) is 29.8 Å². The Bertz CT molecular complexity index is 655. The summed E-state index contributed by atoms with van der Waals surface area (Å²) in [5.41, 5.74) is -0.495. The number of benzene rings is 1. The molecule has 1 fully saturated rings. The van der Waals surface area contributed by atoms with Crippen LogP contribution in [-0.4, -0.2) is 60.2 Å². The molecule has 0 aromatic heterocycles. The first kappa shape index (κ1) is 19.6. The van der Waals surface area contributed by atoms with E-state index in [0.717, 1.165) is 18.4 Å². The second kappa shape index (κ2) is 8.55. The van der Waals surface area contributed by atoms with Crippen LogP contribution < -0.4 is 10.6 Å². The largest absolute Gasteiger partial charge is 0.508 e. The van der Waals surface area contributed by atoms with Gasteiger partial charge in [-0.1, -0.05) is 12.1 Å². The average Bonchev–Trinajstić information content (AvgIpc) is 3.16. The monoisotopic (exact) mass is 363 g/mol. The fraction of sp³-hybridized carbons (Fsp3) is 0.500. The number of ether oxygens (including phenoxy) is 1. The van der Waals surface area contributed by atoms with Gasteiger partial charge in [-0.3, -0.25) is 9.59 Å². The van der Waals surface area contributed by atoms with Gasteiger partial charge in [0, 0.05) is 19.5 Å². The predicted molar refractivity (Wildman–Crippen MR) is 94.6 cm³/mol. The summed E-state index contributed by atoms with van der Waals surface area (Å²) in [5, 5.41) is 14.7. The topological polar surface area (TPSA) is 108 Å². The highest BCUT2D eigenvalue weighted by atomic mass is 16.5. The molecule has 1 aromatic rings. The molecule has 1 heterocycles. The zero-order chi connectivity index (χ0) is 19.2. The Labute approximate surface area is 152 Å². The fourth-order valence-electron chi connectivity index (χ4n) is 2.86. The van der Waals surface area contributed by atoms with Gasteiger partial charge in [-0.05, 0) is 37.5 Å². The number of methoxy groups -OCH3 is 1. The number of carbonyl (C=O) groups excluding carboxylic acids is 3. The van der Waals surface area contributed by atoms with Crippen molar-refractivity contribution in [3.8, 4) is 5.75 Å². The van der Waals surface area contributed by atoms with E-state index >= 15 is 0 Å². The Morgan fingerprint density at radius 3 is 2.38 bits per heavy atom. The summed E-state index contributed by atoms with van der Waals surface area (Å²) in [5.74, 6) is -0.938. The van der Waals surface area contributed by atoms with Gasteiger partial charge in [-0.2, -0.15) is 0 Å². The predicted octanol–water partition coefficient (Wildman–Crippen LogP) is 0.788. The van der Waals surface area contributed by atoms with Crippen molar-refractivity contribution in [1.82, 2.24) is 15.5 Å². The Morgan fingerprint density at radius 1 is 1.19 bits per heavy atom. The van der Waals surface area contributed by atoms with Gasteiger partial charge < -0.3 is 25.4 Å². The van der Waals surface area contributed by atoms with Crippen molar-refractivity contribution in [2.45, 2.75) is 31.7 Å². The Morgan fingerprint density at radius 2 is 1.81 bits per heavy atom. The van der Waals surface area contributed by atoms with Gasteiger partial charge >= 0.3 is 12.0 Å². The molecule has 3 N–H and O–H groups in total. The third kappa shape index (κ3) is 5.11. The van der Waals surface area contributed by atoms with E-state index in [1.54, 1.807) is 24.0 Å². The van der Waals surface area contributed by atoms with Crippen LogP contribution >= 0.6 is 0 Å². The molecule has 3 amide bonds. The summed E-state index contributed by atoms with van der Waals surface area (Å²) < 4.78 is 4.53. The molecule has 0 spiro atoms. The summed E-state index contributed by atoms with van der Waals surface area (Å²) in [6, 6.07) is 6.10. The van der Waals surface area contributed by atoms with Gasteiger partial charge in [0.25, 0.3) is 0 Å². The van der Waals surface area contributed by atoms with Crippen LogP contribution in [0.2, 0.25) is 0 Å². The maximum absolute atomic E-state index is 12.7. The number of likely N-dealkylation sites (tertiary alicyclic amines) is 1. The van der Waals surface area contributed by atoms with E-state index in [1.807, 2.05) is 0 Å². The van der Waals surface area contributed by atoms with Crippen molar-refractivity contribution in [3.63, 3.8) is 0 Å². The lowest BCUT2D eigenvalue weighted by atomic mass is 9.91. The van der Waals surface area contributed by atoms with Gasteiger partial charge in [-0.25, -0.2) is 4.79 Å². The van der Waals surface area contributed by atoms with E-state index in [9.17, 15) is 19.5 Å². The number of esters is 1. The van der Waals surface area contributed by atoms with Crippen molar-refractivity contribution in [2.24, 2.45) is 0 Å². The van der Waals surface area contributed by atoms with Crippen LogP contribution in [0.15, 0.2) is 24.3 Å². The highest BCUT2D eigenvalue weighted by molar-refractivity contribution is 5.92. The lowest BCUT2D eigenvalue weighted by Crippen LogP contribution is -2.61. The molecule has 1 atom stereocenters. The average molecular weight is 363 g/mol. The summed E-state index contributed by atoms with van der Waals surface area (Å²) >= 11 is 0. The van der Waals surface area contributed by atoms with E-state index < -0.39 is 17.4 Å². The minimum Gasteiger partial charge on any atom is -0.508 e. The van der Waals surface area contributed by atoms with Crippen LogP contribution in [0.3, 0.4) is 0 Å². The summed E-state index contributed by atoms with van der Waals surface area (Å²) in [4.78, 5) is 38.2. The number of nitrogens with one attached hydrogen (secondary N) is 2. The molecule has 1 aliphatic heterocycles. The molecule has 1 aliphatic rings. The van der Waals surface area contributed by atoms with E-state index in [0.29, 0.717) is 13.1 Å². The molecule has 1 unspecified atom stereocenters. The number of nitrogens with zero attached hydrogens (tertiary/aromatic N) is 1. The summed E-state index contributed by atoms with van der Waals surface area (Å²) in [6.07, 6.45) is 2.09. The molecule has 1 saturated heterocycles. The van der Waals surface area contributed by atoms with E-state index in [-0.39, 0.29) is 24.7 Å². The molecule has 0 saturated carbocycles. The first-order chi connectivity index (χ1) is 12.3. The normalized spacial score (nSPS) is 15.8. The van der Waals surface area contributed by atoms with E-state index in [1.165, 1.54) is 19.2 Å². The highest BCUT2D eigenvalue weighted by Gasteiger charge is 2.37. The molecule has 1 aromatic carbocycles. The van der Waals surface area contributed by atoms with Crippen LogP contribution in [0.5, 0.6) is 5.75 Å². The van der Waals surface area contributed by atoms with Gasteiger partial charge in [0.05, 0.1) is 7.11 Å². The molecule has 0 bridgehead atoms. The standard InChI is InChI=1S/C18H25N3O5/c1-18(16(24)19-12-15(23)26-2,11-13-5-7-14(22)8-6-13)20-17(25)21-9-3-4-10-21/h5-8,22H,3-4,9-12H2,1-2H3,(H,19,24)(H,20,25). The van der Waals surface area contributed by atoms with Crippen molar-refractivity contribution >= 4 is 17.9 Å². The number of hydrogen-bond donors (Lipinski definition) is 3. The van der Waals surface area contributed by atoms with Crippen molar-refractivity contribution < 1.29 is 24.2 Å². The van der Waals surface area contributed by atoms with Crippen LogP contribution in [0.1, 0.15) is 25.3 Å². The number of aromatic hydroxyl groups is 1.